The molecule has 2 N–H and O–H groups in total. The lowest BCUT2D eigenvalue weighted by atomic mass is 10.2. The van der Waals surface area contributed by atoms with E-state index in [0.29, 0.717) is 17.8 Å². The Balaban J connectivity index is 1.74. The maximum atomic E-state index is 12.3. The summed E-state index contributed by atoms with van der Waals surface area (Å²) in [6, 6.07) is 16.0. The minimum Gasteiger partial charge on any atom is -0.352 e. The molecule has 0 atom stereocenters. The molecule has 0 spiro atoms. The molecule has 25 heavy (non-hydrogen) atoms. The molecule has 0 saturated carbocycles. The highest BCUT2D eigenvalue weighted by molar-refractivity contribution is 6.03. The average Bonchev–Trinajstić information content (AvgIpc) is 3.13. The van der Waals surface area contributed by atoms with Gasteiger partial charge >= 0.3 is 0 Å². The SMILES string of the molecule is CCNC(=O)c1cccc(NC(=O)c2cnn(-c3ccccc3)n2)c1. The lowest BCUT2D eigenvalue weighted by Gasteiger charge is -2.06. The van der Waals surface area contributed by atoms with Crippen LogP contribution in [0.2, 0.25) is 0 Å². The Morgan fingerprint density at radius 3 is 2.60 bits per heavy atom. The number of para-hydroxylation sites is 1. The van der Waals surface area contributed by atoms with Gasteiger partial charge in [0.2, 0.25) is 0 Å². The number of benzene rings is 2. The normalized spacial score (nSPS) is 10.3. The average molecular weight is 335 g/mol. The van der Waals surface area contributed by atoms with E-state index >= 15 is 0 Å². The Morgan fingerprint density at radius 2 is 1.84 bits per heavy atom. The van der Waals surface area contributed by atoms with E-state index in [2.05, 4.69) is 20.8 Å². The van der Waals surface area contributed by atoms with Gasteiger partial charge in [0, 0.05) is 17.8 Å². The molecule has 2 amide bonds. The van der Waals surface area contributed by atoms with Crippen molar-refractivity contribution in [3.63, 3.8) is 0 Å². The smallest absolute Gasteiger partial charge is 0.277 e. The molecule has 1 heterocycles. The molecule has 0 unspecified atom stereocenters. The summed E-state index contributed by atoms with van der Waals surface area (Å²) >= 11 is 0. The fourth-order valence-electron chi connectivity index (χ4n) is 2.25. The van der Waals surface area contributed by atoms with Crippen LogP contribution < -0.4 is 10.6 Å². The molecule has 0 fully saturated rings. The first-order valence-electron chi connectivity index (χ1n) is 7.85. The van der Waals surface area contributed by atoms with Gasteiger partial charge in [-0.05, 0) is 37.3 Å². The molecule has 0 aliphatic rings. The molecule has 0 saturated heterocycles. The fraction of sp³-hybridized carbons (Fsp3) is 0.111. The molecule has 0 aliphatic heterocycles. The number of anilines is 1. The highest BCUT2D eigenvalue weighted by Gasteiger charge is 2.13. The van der Waals surface area contributed by atoms with Crippen molar-refractivity contribution in [3.05, 3.63) is 72.1 Å². The van der Waals surface area contributed by atoms with Crippen molar-refractivity contribution in [1.82, 2.24) is 20.3 Å². The molecule has 7 heteroatoms. The summed E-state index contributed by atoms with van der Waals surface area (Å²) in [4.78, 5) is 25.6. The second-order valence-corrected chi connectivity index (χ2v) is 5.25. The van der Waals surface area contributed by atoms with Crippen molar-refractivity contribution in [2.75, 3.05) is 11.9 Å². The number of carbonyl (C=O) groups excluding carboxylic acids is 2. The molecule has 2 aromatic carbocycles. The second kappa shape index (κ2) is 7.39. The summed E-state index contributed by atoms with van der Waals surface area (Å²) in [6.07, 6.45) is 1.40. The number of nitrogens with one attached hydrogen (secondary N) is 2. The number of rotatable bonds is 5. The predicted molar refractivity (Wildman–Crippen MR) is 93.8 cm³/mol. The Morgan fingerprint density at radius 1 is 1.04 bits per heavy atom. The Hall–Kier alpha value is -3.48. The van der Waals surface area contributed by atoms with Crippen molar-refractivity contribution in [3.8, 4) is 5.69 Å². The predicted octanol–water partition coefficient (Wildman–Crippen LogP) is 2.27. The summed E-state index contributed by atoms with van der Waals surface area (Å²) in [7, 11) is 0. The van der Waals surface area contributed by atoms with Crippen molar-refractivity contribution in [2.45, 2.75) is 6.92 Å². The van der Waals surface area contributed by atoms with Crippen LogP contribution >= 0.6 is 0 Å². The number of amides is 2. The van der Waals surface area contributed by atoms with Crippen LogP contribution in [0, 0.1) is 0 Å². The fourth-order valence-corrected chi connectivity index (χ4v) is 2.25. The van der Waals surface area contributed by atoms with Crippen LogP contribution in [-0.4, -0.2) is 33.4 Å². The van der Waals surface area contributed by atoms with Crippen LogP contribution in [0.15, 0.2) is 60.8 Å². The minimum absolute atomic E-state index is 0.186. The van der Waals surface area contributed by atoms with E-state index in [1.165, 1.54) is 11.0 Å². The van der Waals surface area contributed by atoms with E-state index in [1.807, 2.05) is 37.3 Å². The van der Waals surface area contributed by atoms with Crippen molar-refractivity contribution < 1.29 is 9.59 Å². The van der Waals surface area contributed by atoms with E-state index in [-0.39, 0.29) is 11.6 Å². The van der Waals surface area contributed by atoms with Gasteiger partial charge in [0.15, 0.2) is 5.69 Å². The first-order valence-corrected chi connectivity index (χ1v) is 7.85. The molecular weight excluding hydrogens is 318 g/mol. The van der Waals surface area contributed by atoms with Gasteiger partial charge in [-0.15, -0.1) is 5.10 Å². The van der Waals surface area contributed by atoms with Crippen molar-refractivity contribution in [1.29, 1.82) is 0 Å². The lowest BCUT2D eigenvalue weighted by molar-refractivity contribution is 0.0954. The van der Waals surface area contributed by atoms with E-state index in [0.717, 1.165) is 5.69 Å². The maximum absolute atomic E-state index is 12.3. The highest BCUT2D eigenvalue weighted by atomic mass is 16.2. The van der Waals surface area contributed by atoms with Crippen molar-refractivity contribution in [2.24, 2.45) is 0 Å². The van der Waals surface area contributed by atoms with Crippen LogP contribution in [0.3, 0.4) is 0 Å². The number of carbonyl (C=O) groups is 2. The number of aromatic nitrogens is 3. The largest absolute Gasteiger partial charge is 0.352 e. The van der Waals surface area contributed by atoms with Crippen LogP contribution in [0.1, 0.15) is 27.8 Å². The summed E-state index contributed by atoms with van der Waals surface area (Å²) in [5.41, 5.74) is 1.95. The molecular formula is C18H17N5O2. The molecule has 0 aliphatic carbocycles. The zero-order valence-electron chi connectivity index (χ0n) is 13.6. The molecule has 1 aromatic heterocycles. The van der Waals surface area contributed by atoms with E-state index in [4.69, 9.17) is 0 Å². The Bertz CT molecular complexity index is 889. The minimum atomic E-state index is -0.393. The summed E-state index contributed by atoms with van der Waals surface area (Å²) in [6.45, 7) is 2.39. The summed E-state index contributed by atoms with van der Waals surface area (Å²) < 4.78 is 0. The Labute approximate surface area is 144 Å². The van der Waals surface area contributed by atoms with Gasteiger partial charge in [-0.25, -0.2) is 0 Å². The van der Waals surface area contributed by atoms with Gasteiger partial charge in [-0.2, -0.15) is 9.90 Å². The van der Waals surface area contributed by atoms with Crippen LogP contribution in [-0.2, 0) is 0 Å². The third-order valence-electron chi connectivity index (χ3n) is 3.43. The summed E-state index contributed by atoms with van der Waals surface area (Å²) in [5.74, 6) is -0.580. The van der Waals surface area contributed by atoms with Gasteiger partial charge in [0.05, 0.1) is 11.9 Å². The molecule has 0 bridgehead atoms. The van der Waals surface area contributed by atoms with Crippen LogP contribution in [0.4, 0.5) is 5.69 Å². The second-order valence-electron chi connectivity index (χ2n) is 5.25. The van der Waals surface area contributed by atoms with Crippen molar-refractivity contribution >= 4 is 17.5 Å². The number of hydrogen-bond donors (Lipinski definition) is 2. The molecule has 3 rings (SSSR count). The highest BCUT2D eigenvalue weighted by Crippen LogP contribution is 2.12. The van der Waals surface area contributed by atoms with Crippen LogP contribution in [0.5, 0.6) is 0 Å². The van der Waals surface area contributed by atoms with Crippen LogP contribution in [0.25, 0.3) is 5.69 Å². The lowest BCUT2D eigenvalue weighted by Crippen LogP contribution is -2.22. The molecule has 126 valence electrons. The molecule has 3 aromatic rings. The number of nitrogens with zero attached hydrogens (tertiary/aromatic N) is 3. The monoisotopic (exact) mass is 335 g/mol. The summed E-state index contributed by atoms with van der Waals surface area (Å²) in [5, 5.41) is 13.7. The van der Waals surface area contributed by atoms with Gasteiger partial charge < -0.3 is 10.6 Å². The number of hydrogen-bond acceptors (Lipinski definition) is 4. The standard InChI is InChI=1S/C18H17N5O2/c1-2-19-17(24)13-7-6-8-14(11-13)21-18(25)16-12-20-23(22-16)15-9-4-3-5-10-15/h3-12H,2H2,1H3,(H,19,24)(H,21,25). The van der Waals surface area contributed by atoms with Gasteiger partial charge in [0.25, 0.3) is 11.8 Å². The van der Waals surface area contributed by atoms with Gasteiger partial charge in [-0.3, -0.25) is 9.59 Å². The van der Waals surface area contributed by atoms with E-state index < -0.39 is 5.91 Å². The quantitative estimate of drug-likeness (QED) is 0.748. The zero-order valence-corrected chi connectivity index (χ0v) is 13.6. The topological polar surface area (TPSA) is 88.9 Å². The first-order chi connectivity index (χ1) is 12.2. The molecule has 0 radical (unpaired) electrons. The Kier molecular flexibility index (Phi) is 4.84. The zero-order chi connectivity index (χ0) is 17.6. The first kappa shape index (κ1) is 16.4. The van der Waals surface area contributed by atoms with E-state index in [9.17, 15) is 9.59 Å². The molecule has 7 nitrogen and oxygen atoms in total. The maximum Gasteiger partial charge on any atom is 0.277 e. The van der Waals surface area contributed by atoms with Gasteiger partial charge in [-0.1, -0.05) is 24.3 Å². The van der Waals surface area contributed by atoms with E-state index in [1.54, 1.807) is 24.3 Å². The van der Waals surface area contributed by atoms with Gasteiger partial charge in [0.1, 0.15) is 0 Å². The third-order valence-corrected chi connectivity index (χ3v) is 3.43. The third kappa shape index (κ3) is 3.89.